The van der Waals surface area contributed by atoms with Gasteiger partial charge in [0.05, 0.1) is 28.0 Å². The lowest BCUT2D eigenvalue weighted by atomic mass is 10.2. The number of hydrogen-bond donors (Lipinski definition) is 6. The summed E-state index contributed by atoms with van der Waals surface area (Å²) in [6.07, 6.45) is 8.07. The molecule has 6 rings (SSSR count). The normalized spacial score (nSPS) is 21.0. The zero-order valence-electron chi connectivity index (χ0n) is 23.7. The van der Waals surface area contributed by atoms with Crippen molar-refractivity contribution in [3.63, 3.8) is 0 Å². The van der Waals surface area contributed by atoms with Crippen LogP contribution in [0.3, 0.4) is 0 Å². The molecule has 2 aromatic carbocycles. The Morgan fingerprint density at radius 2 is 1.23 bits per heavy atom. The Balaban J connectivity index is 0.000000175. The van der Waals surface area contributed by atoms with Crippen LogP contribution >= 0.6 is 46.7 Å². The predicted octanol–water partition coefficient (Wildman–Crippen LogP) is 6.38. The van der Waals surface area contributed by atoms with Crippen LogP contribution in [-0.4, -0.2) is 54.4 Å². The second kappa shape index (κ2) is 15.3. The van der Waals surface area contributed by atoms with Crippen molar-refractivity contribution in [1.82, 2.24) is 19.9 Å². The number of benzene rings is 2. The third kappa shape index (κ3) is 9.26. The first-order valence-corrected chi connectivity index (χ1v) is 16.6. The van der Waals surface area contributed by atoms with Gasteiger partial charge in [-0.1, -0.05) is 46.7 Å². The van der Waals surface area contributed by atoms with Crippen molar-refractivity contribution in [2.24, 2.45) is 0 Å². The van der Waals surface area contributed by atoms with E-state index < -0.39 is 0 Å². The van der Waals surface area contributed by atoms with Crippen LogP contribution in [0.4, 0.5) is 23.5 Å². The van der Waals surface area contributed by atoms with Gasteiger partial charge in [0.2, 0.25) is 11.9 Å². The number of nitrogens with one attached hydrogen (secondary N) is 2. The smallest absolute Gasteiger partial charge is 0.221 e. The summed E-state index contributed by atoms with van der Waals surface area (Å²) in [7, 11) is 0. The van der Waals surface area contributed by atoms with Crippen LogP contribution < -0.4 is 22.1 Å². The van der Waals surface area contributed by atoms with Crippen molar-refractivity contribution in [2.45, 2.75) is 82.4 Å². The maximum atomic E-state index is 9.97. The average Bonchev–Trinajstić information content (AvgIpc) is 3.61. The summed E-state index contributed by atoms with van der Waals surface area (Å²) in [5.74, 6) is 1.84. The Hall–Kier alpha value is -3.00. The zero-order valence-corrected chi connectivity index (χ0v) is 26.9. The quantitative estimate of drug-likeness (QED) is 0.122. The highest BCUT2D eigenvalue weighted by molar-refractivity contribution is 7.99. The Labute approximate surface area is 274 Å². The molecule has 0 aliphatic heterocycles. The van der Waals surface area contributed by atoms with Gasteiger partial charge in [-0.15, -0.1) is 0 Å². The molecule has 4 atom stereocenters. The molecule has 8 N–H and O–H groups in total. The van der Waals surface area contributed by atoms with E-state index >= 15 is 0 Å². The molecule has 2 aliphatic rings. The minimum atomic E-state index is -0.343. The van der Waals surface area contributed by atoms with Gasteiger partial charge in [-0.2, -0.15) is 9.97 Å². The third-order valence-electron chi connectivity index (χ3n) is 7.18. The number of aliphatic hydroxyl groups is 2. The molecular formula is C30H34Cl2N8O2S2. The van der Waals surface area contributed by atoms with E-state index in [1.807, 2.05) is 48.5 Å². The van der Waals surface area contributed by atoms with Crippen molar-refractivity contribution >= 4 is 70.3 Å². The molecule has 0 bridgehead atoms. The maximum absolute atomic E-state index is 9.97. The zero-order chi connectivity index (χ0) is 31.1. The first-order valence-electron chi connectivity index (χ1n) is 14.2. The van der Waals surface area contributed by atoms with E-state index in [9.17, 15) is 10.2 Å². The second-order valence-electron chi connectivity index (χ2n) is 10.6. The first-order chi connectivity index (χ1) is 21.2. The number of anilines is 4. The molecule has 4 aromatic rings. The van der Waals surface area contributed by atoms with Crippen molar-refractivity contribution in [3.8, 4) is 0 Å². The molecule has 10 nitrogen and oxygen atoms in total. The molecule has 0 saturated heterocycles. The molecule has 2 aromatic heterocycles. The van der Waals surface area contributed by atoms with Gasteiger partial charge in [-0.3, -0.25) is 0 Å². The van der Waals surface area contributed by atoms with E-state index in [4.69, 9.17) is 34.7 Å². The number of hydrogen-bond acceptors (Lipinski definition) is 12. The fourth-order valence-electron chi connectivity index (χ4n) is 4.95. The summed E-state index contributed by atoms with van der Waals surface area (Å²) >= 11 is 14.9. The van der Waals surface area contributed by atoms with Crippen LogP contribution in [0.1, 0.15) is 38.5 Å². The number of aromatic nitrogens is 4. The number of nitrogens with two attached hydrogens (primary N) is 2. The van der Waals surface area contributed by atoms with E-state index in [0.29, 0.717) is 21.7 Å². The van der Waals surface area contributed by atoms with Crippen molar-refractivity contribution in [3.05, 3.63) is 71.0 Å². The van der Waals surface area contributed by atoms with Gasteiger partial charge in [0.15, 0.2) is 0 Å². The van der Waals surface area contributed by atoms with E-state index in [2.05, 4.69) is 30.6 Å². The largest absolute Gasteiger partial charge is 0.393 e. The Morgan fingerprint density at radius 3 is 1.68 bits per heavy atom. The molecule has 0 radical (unpaired) electrons. The molecule has 14 heteroatoms. The molecule has 2 heterocycles. The van der Waals surface area contributed by atoms with E-state index in [0.717, 1.165) is 58.1 Å². The molecule has 0 amide bonds. The van der Waals surface area contributed by atoms with Crippen LogP contribution in [0.5, 0.6) is 0 Å². The Bertz CT molecular complexity index is 1530. The van der Waals surface area contributed by atoms with Gasteiger partial charge >= 0.3 is 0 Å². The molecule has 4 unspecified atom stereocenters. The predicted molar refractivity (Wildman–Crippen MR) is 179 cm³/mol. The third-order valence-corrected chi connectivity index (χ3v) is 9.73. The fourth-order valence-corrected chi connectivity index (χ4v) is 6.87. The van der Waals surface area contributed by atoms with Gasteiger partial charge in [0, 0.05) is 38.3 Å². The summed E-state index contributed by atoms with van der Waals surface area (Å²) in [5, 5.41) is 27.7. The van der Waals surface area contributed by atoms with Crippen molar-refractivity contribution in [2.75, 3.05) is 22.1 Å². The van der Waals surface area contributed by atoms with Gasteiger partial charge in [0.1, 0.15) is 11.6 Å². The molecular weight excluding hydrogens is 639 g/mol. The average molecular weight is 674 g/mol. The maximum Gasteiger partial charge on any atom is 0.221 e. The van der Waals surface area contributed by atoms with Crippen LogP contribution in [0.2, 0.25) is 10.0 Å². The summed E-state index contributed by atoms with van der Waals surface area (Å²) in [5.41, 5.74) is 11.4. The highest BCUT2D eigenvalue weighted by Gasteiger charge is 2.26. The summed E-state index contributed by atoms with van der Waals surface area (Å²) in [4.78, 5) is 20.6. The monoisotopic (exact) mass is 672 g/mol. The minimum absolute atomic E-state index is 0.0128. The lowest BCUT2D eigenvalue weighted by Gasteiger charge is -2.19. The number of nitrogens with zero attached hydrogens (tertiary/aromatic N) is 4. The van der Waals surface area contributed by atoms with Gasteiger partial charge < -0.3 is 32.3 Å². The lowest BCUT2D eigenvalue weighted by Crippen LogP contribution is -2.28. The van der Waals surface area contributed by atoms with Gasteiger partial charge in [-0.05, 0) is 87.1 Å². The molecule has 2 aliphatic carbocycles. The number of nitrogen functional groups attached to an aromatic ring is 2. The summed E-state index contributed by atoms with van der Waals surface area (Å²) < 4.78 is 0. The van der Waals surface area contributed by atoms with Crippen LogP contribution in [0, 0.1) is 0 Å². The van der Waals surface area contributed by atoms with E-state index in [1.54, 1.807) is 24.2 Å². The summed E-state index contributed by atoms with van der Waals surface area (Å²) in [6.45, 7) is 0. The molecule has 2 fully saturated rings. The molecule has 0 spiro atoms. The molecule has 232 valence electrons. The van der Waals surface area contributed by atoms with Gasteiger partial charge in [0.25, 0.3) is 0 Å². The highest BCUT2D eigenvalue weighted by atomic mass is 35.5. The fraction of sp³-hybridized carbons (Fsp3) is 0.333. The number of aliphatic hydroxyl groups excluding tert-OH is 2. The SMILES string of the molecule is Nc1ncc(Sc2ccc(Cl)cc2)c(NC2CCC(O)C2)n1.Nc1ncc(Sc2ccc(Cl)cc2)c(NC2CCCC2O)n1. The topological polar surface area (TPSA) is 168 Å². The standard InChI is InChI=1S/2C15H17ClN4OS/c16-9-1-5-12(6-2-9)22-13-8-18-15(17)20-14(13)19-10-3-4-11(21)7-10;16-9-4-6-10(7-5-9)22-13-8-18-15(17)20-14(13)19-11-2-1-3-12(11)21/h1-2,5-6,8,10-11,21H,3-4,7H2,(H3,17,18,19,20);4-8,11-12,21H,1-3H2,(H3,17,18,19,20). The summed E-state index contributed by atoms with van der Waals surface area (Å²) in [6, 6.07) is 15.4. The van der Waals surface area contributed by atoms with Crippen molar-refractivity contribution in [1.29, 1.82) is 0 Å². The molecule has 44 heavy (non-hydrogen) atoms. The number of halogens is 2. The second-order valence-corrected chi connectivity index (χ2v) is 13.7. The van der Waals surface area contributed by atoms with Crippen LogP contribution in [0.25, 0.3) is 0 Å². The number of rotatable bonds is 8. The Morgan fingerprint density at radius 1 is 0.705 bits per heavy atom. The first kappa shape index (κ1) is 32.4. The molecule has 2 saturated carbocycles. The van der Waals surface area contributed by atoms with Crippen LogP contribution in [-0.2, 0) is 0 Å². The van der Waals surface area contributed by atoms with Crippen LogP contribution in [0.15, 0.2) is 80.5 Å². The van der Waals surface area contributed by atoms with E-state index in [1.165, 1.54) is 11.8 Å². The van der Waals surface area contributed by atoms with Gasteiger partial charge in [-0.25, -0.2) is 9.97 Å². The Kier molecular flexibility index (Phi) is 11.3. The highest BCUT2D eigenvalue weighted by Crippen LogP contribution is 2.36. The minimum Gasteiger partial charge on any atom is -0.393 e. The van der Waals surface area contributed by atoms with Crippen molar-refractivity contribution < 1.29 is 10.2 Å². The van der Waals surface area contributed by atoms with E-state index in [-0.39, 0.29) is 36.2 Å². The lowest BCUT2D eigenvalue weighted by molar-refractivity contribution is 0.171.